The fourth-order valence-electron chi connectivity index (χ4n) is 2.71. The molecule has 22 heavy (non-hydrogen) atoms. The van der Waals surface area contributed by atoms with E-state index in [4.69, 9.17) is 0 Å². The fraction of sp³-hybridized carbons (Fsp3) is 0.250. The minimum atomic E-state index is -3.34. The van der Waals surface area contributed by atoms with Crippen molar-refractivity contribution >= 4 is 17.3 Å². The molecular weight excluding hydrogens is 293 g/mol. The summed E-state index contributed by atoms with van der Waals surface area (Å²) in [6, 6.07) is 5.51. The molecule has 0 atom stereocenters. The van der Waals surface area contributed by atoms with Crippen LogP contribution in [0, 0.1) is 11.2 Å². The van der Waals surface area contributed by atoms with Crippen molar-refractivity contribution in [2.24, 2.45) is 10.4 Å². The molecule has 6 heteroatoms. The smallest absolute Gasteiger partial charge is 0.318 e. The monoisotopic (exact) mass is 306 g/mol. The quantitative estimate of drug-likeness (QED) is 0.798. The van der Waals surface area contributed by atoms with Gasteiger partial charge in [0.25, 0.3) is 0 Å². The standard InChI is InChI=1S/C16H13F3N2O/c1-21-10-15(8-6-11(22)7-9-15)16(18,19)14(21)20-13-5-3-2-4-12(13)17/h2-9H,10H2,1H3. The van der Waals surface area contributed by atoms with E-state index < -0.39 is 23.0 Å². The summed E-state index contributed by atoms with van der Waals surface area (Å²) in [6.45, 7) is -0.0342. The molecule has 1 spiro atoms. The van der Waals surface area contributed by atoms with E-state index in [1.807, 2.05) is 0 Å². The summed E-state index contributed by atoms with van der Waals surface area (Å²) in [7, 11) is 1.47. The van der Waals surface area contributed by atoms with Gasteiger partial charge >= 0.3 is 5.92 Å². The number of nitrogens with zero attached hydrogens (tertiary/aromatic N) is 2. The third-order valence-corrected chi connectivity index (χ3v) is 3.89. The van der Waals surface area contributed by atoms with E-state index in [-0.39, 0.29) is 18.0 Å². The topological polar surface area (TPSA) is 32.7 Å². The molecule has 1 fully saturated rings. The number of ketones is 1. The Morgan fingerprint density at radius 3 is 2.45 bits per heavy atom. The molecule has 114 valence electrons. The van der Waals surface area contributed by atoms with Crippen LogP contribution in [0.15, 0.2) is 53.6 Å². The van der Waals surface area contributed by atoms with Crippen LogP contribution in [0.1, 0.15) is 0 Å². The third-order valence-electron chi connectivity index (χ3n) is 3.89. The molecule has 0 saturated carbocycles. The van der Waals surface area contributed by atoms with Crippen LogP contribution in [0.3, 0.4) is 0 Å². The van der Waals surface area contributed by atoms with Gasteiger partial charge in [0.15, 0.2) is 11.6 Å². The highest BCUT2D eigenvalue weighted by atomic mass is 19.3. The molecule has 0 N–H and O–H groups in total. The second-order valence-electron chi connectivity index (χ2n) is 5.43. The van der Waals surface area contributed by atoms with E-state index in [2.05, 4.69) is 4.99 Å². The maximum Gasteiger partial charge on any atom is 0.318 e. The summed E-state index contributed by atoms with van der Waals surface area (Å²) in [5, 5.41) is 0. The highest BCUT2D eigenvalue weighted by Crippen LogP contribution is 2.48. The molecule has 3 nitrogen and oxygen atoms in total. The van der Waals surface area contributed by atoms with Crippen molar-refractivity contribution in [3.8, 4) is 0 Å². The van der Waals surface area contributed by atoms with Crippen molar-refractivity contribution in [2.75, 3.05) is 13.6 Å². The van der Waals surface area contributed by atoms with E-state index >= 15 is 0 Å². The zero-order chi connectivity index (χ0) is 16.0. The van der Waals surface area contributed by atoms with Gasteiger partial charge in [-0.1, -0.05) is 24.3 Å². The summed E-state index contributed by atoms with van der Waals surface area (Å²) >= 11 is 0. The molecule has 0 radical (unpaired) electrons. The average molecular weight is 306 g/mol. The van der Waals surface area contributed by atoms with E-state index in [0.717, 1.165) is 12.2 Å². The minimum Gasteiger partial charge on any atom is -0.357 e. The summed E-state index contributed by atoms with van der Waals surface area (Å²) in [6.07, 6.45) is 4.67. The van der Waals surface area contributed by atoms with Crippen molar-refractivity contribution < 1.29 is 18.0 Å². The third kappa shape index (κ3) is 2.06. The normalized spacial score (nSPS) is 23.7. The summed E-state index contributed by atoms with van der Waals surface area (Å²) < 4.78 is 43.3. The first kappa shape index (κ1) is 14.6. The van der Waals surface area contributed by atoms with Gasteiger partial charge in [-0.25, -0.2) is 9.38 Å². The molecule has 0 amide bonds. The fourth-order valence-corrected chi connectivity index (χ4v) is 2.71. The number of likely N-dealkylation sites (tertiary alicyclic amines) is 1. The molecule has 1 saturated heterocycles. The molecule has 0 unspecified atom stereocenters. The number of amidine groups is 1. The second-order valence-corrected chi connectivity index (χ2v) is 5.43. The summed E-state index contributed by atoms with van der Waals surface area (Å²) in [5.41, 5.74) is -1.76. The number of benzene rings is 1. The van der Waals surface area contributed by atoms with Crippen LogP contribution in [-0.4, -0.2) is 36.0 Å². The Bertz CT molecular complexity index is 706. The molecule has 0 bridgehead atoms. The van der Waals surface area contributed by atoms with Gasteiger partial charge in [-0.3, -0.25) is 4.79 Å². The van der Waals surface area contributed by atoms with E-state index in [1.165, 1.54) is 48.4 Å². The first-order valence-corrected chi connectivity index (χ1v) is 6.71. The number of hydrogen-bond donors (Lipinski definition) is 0. The Hall–Kier alpha value is -2.37. The van der Waals surface area contributed by atoms with Crippen molar-refractivity contribution in [3.05, 3.63) is 54.4 Å². The lowest BCUT2D eigenvalue weighted by Gasteiger charge is -2.28. The van der Waals surface area contributed by atoms with Crippen LogP contribution in [0.4, 0.5) is 18.9 Å². The number of rotatable bonds is 1. The zero-order valence-electron chi connectivity index (χ0n) is 11.8. The molecule has 1 aliphatic carbocycles. The highest BCUT2D eigenvalue weighted by Gasteiger charge is 2.62. The van der Waals surface area contributed by atoms with Gasteiger partial charge in [-0.2, -0.15) is 8.78 Å². The van der Waals surface area contributed by atoms with E-state index in [9.17, 15) is 18.0 Å². The van der Waals surface area contributed by atoms with Gasteiger partial charge in [0.05, 0.1) is 5.41 Å². The van der Waals surface area contributed by atoms with Crippen LogP contribution >= 0.6 is 0 Å². The minimum absolute atomic E-state index is 0.0342. The number of alkyl halides is 2. The number of hydrogen-bond acceptors (Lipinski definition) is 2. The van der Waals surface area contributed by atoms with E-state index in [0.29, 0.717) is 0 Å². The molecule has 0 aromatic heterocycles. The Morgan fingerprint density at radius 1 is 1.18 bits per heavy atom. The first-order valence-electron chi connectivity index (χ1n) is 6.71. The lowest BCUT2D eigenvalue weighted by Crippen LogP contribution is -2.41. The first-order chi connectivity index (χ1) is 10.4. The lowest BCUT2D eigenvalue weighted by molar-refractivity contribution is -0.110. The van der Waals surface area contributed by atoms with Crippen LogP contribution in [-0.2, 0) is 4.79 Å². The second kappa shape index (κ2) is 4.83. The summed E-state index contributed by atoms with van der Waals surface area (Å²) in [4.78, 5) is 16.3. The summed E-state index contributed by atoms with van der Waals surface area (Å²) in [5.74, 6) is -4.84. The van der Waals surface area contributed by atoms with Crippen LogP contribution in [0.2, 0.25) is 0 Å². The van der Waals surface area contributed by atoms with Crippen LogP contribution in [0.25, 0.3) is 0 Å². The van der Waals surface area contributed by atoms with E-state index in [1.54, 1.807) is 0 Å². The number of halogens is 3. The SMILES string of the molecule is CN1CC2(C=CC(=O)C=C2)C(F)(F)C1=Nc1ccccc1F. The van der Waals surface area contributed by atoms with Crippen LogP contribution in [0.5, 0.6) is 0 Å². The molecule has 2 aliphatic rings. The van der Waals surface area contributed by atoms with Gasteiger partial charge in [0.1, 0.15) is 11.5 Å². The van der Waals surface area contributed by atoms with Crippen molar-refractivity contribution in [1.82, 2.24) is 4.90 Å². The molecule has 3 rings (SSSR count). The Kier molecular flexibility index (Phi) is 3.20. The molecule has 1 aliphatic heterocycles. The predicted octanol–water partition coefficient (Wildman–Crippen LogP) is 3.12. The largest absolute Gasteiger partial charge is 0.357 e. The van der Waals surface area contributed by atoms with Gasteiger partial charge in [0, 0.05) is 13.6 Å². The molecular formula is C16H13F3N2O. The Balaban J connectivity index is 2.07. The maximum absolute atomic E-state index is 14.8. The van der Waals surface area contributed by atoms with Gasteiger partial charge in [-0.05, 0) is 24.3 Å². The van der Waals surface area contributed by atoms with Gasteiger partial charge in [0.2, 0.25) is 0 Å². The maximum atomic E-state index is 14.8. The number of carbonyl (C=O) groups is 1. The average Bonchev–Trinajstić information content (AvgIpc) is 2.65. The number of aliphatic imine (C=N–C) groups is 1. The van der Waals surface area contributed by atoms with Gasteiger partial charge < -0.3 is 4.90 Å². The van der Waals surface area contributed by atoms with Crippen LogP contribution < -0.4 is 0 Å². The molecule has 1 aromatic carbocycles. The molecule has 1 aromatic rings. The Labute approximate surface area is 125 Å². The Morgan fingerprint density at radius 2 is 1.82 bits per heavy atom. The lowest BCUT2D eigenvalue weighted by atomic mass is 9.80. The predicted molar refractivity (Wildman–Crippen MR) is 76.8 cm³/mol. The zero-order valence-corrected chi connectivity index (χ0v) is 11.8. The number of allylic oxidation sites excluding steroid dienone is 2. The van der Waals surface area contributed by atoms with Crippen molar-refractivity contribution in [2.45, 2.75) is 5.92 Å². The van der Waals surface area contributed by atoms with Crippen molar-refractivity contribution in [3.63, 3.8) is 0 Å². The number of para-hydroxylation sites is 1. The number of carbonyl (C=O) groups excluding carboxylic acids is 1. The molecule has 1 heterocycles. The van der Waals surface area contributed by atoms with Crippen molar-refractivity contribution in [1.29, 1.82) is 0 Å². The highest BCUT2D eigenvalue weighted by molar-refractivity contribution is 6.02. The van der Waals surface area contributed by atoms with Gasteiger partial charge in [-0.15, -0.1) is 0 Å².